The van der Waals surface area contributed by atoms with Crippen LogP contribution >= 0.6 is 0 Å². The largest absolute Gasteiger partial charge is 0.493 e. The zero-order chi connectivity index (χ0) is 15.3. The van der Waals surface area contributed by atoms with Crippen molar-refractivity contribution in [1.82, 2.24) is 4.90 Å². The first-order valence-electron chi connectivity index (χ1n) is 6.47. The average Bonchev–Trinajstić information content (AvgIpc) is 2.46. The van der Waals surface area contributed by atoms with Crippen LogP contribution in [0.1, 0.15) is 13.8 Å². The second-order valence-electron chi connectivity index (χ2n) is 4.51. The van der Waals surface area contributed by atoms with Gasteiger partial charge in [0, 0.05) is 25.7 Å². The van der Waals surface area contributed by atoms with Gasteiger partial charge >= 0.3 is 0 Å². The van der Waals surface area contributed by atoms with E-state index in [0.717, 1.165) is 0 Å². The molecule has 0 aromatic heterocycles. The first-order chi connectivity index (χ1) is 9.44. The van der Waals surface area contributed by atoms with Gasteiger partial charge in [0.05, 0.1) is 25.6 Å². The van der Waals surface area contributed by atoms with Crippen molar-refractivity contribution in [2.24, 2.45) is 0 Å². The number of carbonyl (C=O) groups is 1. The molecule has 0 bridgehead atoms. The Kier molecular flexibility index (Phi) is 5.49. The van der Waals surface area contributed by atoms with E-state index in [1.807, 2.05) is 6.92 Å². The summed E-state index contributed by atoms with van der Waals surface area (Å²) in [4.78, 5) is 13.7. The van der Waals surface area contributed by atoms with Crippen LogP contribution in [0, 0.1) is 0 Å². The molecule has 3 N–H and O–H groups in total. The van der Waals surface area contributed by atoms with Crippen LogP contribution in [0.4, 0.5) is 11.4 Å². The number of hydrogen-bond donors (Lipinski definition) is 2. The number of likely N-dealkylation sites (N-methyl/N-ethyl adjacent to an activating group) is 1. The Balaban J connectivity index is 2.95. The molecule has 1 aromatic carbocycles. The summed E-state index contributed by atoms with van der Waals surface area (Å²) in [6.07, 6.45) is 0. The van der Waals surface area contributed by atoms with Gasteiger partial charge in [-0.2, -0.15) is 0 Å². The Hall–Kier alpha value is -2.11. The minimum absolute atomic E-state index is 0.00156. The van der Waals surface area contributed by atoms with E-state index >= 15 is 0 Å². The summed E-state index contributed by atoms with van der Waals surface area (Å²) in [5.74, 6) is 1.12. The van der Waals surface area contributed by atoms with Crippen molar-refractivity contribution in [3.05, 3.63) is 12.1 Å². The second kappa shape index (κ2) is 6.88. The Morgan fingerprint density at radius 1 is 1.35 bits per heavy atom. The van der Waals surface area contributed by atoms with Gasteiger partial charge in [0.2, 0.25) is 5.91 Å². The summed E-state index contributed by atoms with van der Waals surface area (Å²) in [6.45, 7) is 4.38. The number of nitrogen functional groups attached to an aromatic ring is 1. The van der Waals surface area contributed by atoms with E-state index in [-0.39, 0.29) is 11.9 Å². The summed E-state index contributed by atoms with van der Waals surface area (Å²) >= 11 is 0. The molecule has 1 aromatic rings. The van der Waals surface area contributed by atoms with Crippen LogP contribution in [0.2, 0.25) is 0 Å². The molecule has 0 radical (unpaired) electrons. The minimum Gasteiger partial charge on any atom is -0.493 e. The molecular weight excluding hydrogens is 258 g/mol. The lowest BCUT2D eigenvalue weighted by molar-refractivity contribution is -0.130. The molecule has 6 nitrogen and oxygen atoms in total. The van der Waals surface area contributed by atoms with Gasteiger partial charge in [-0.05, 0) is 13.8 Å². The molecule has 0 aliphatic heterocycles. The van der Waals surface area contributed by atoms with Crippen molar-refractivity contribution in [1.29, 1.82) is 0 Å². The number of rotatable bonds is 6. The predicted molar refractivity (Wildman–Crippen MR) is 80.4 cm³/mol. The van der Waals surface area contributed by atoms with Gasteiger partial charge in [-0.25, -0.2) is 0 Å². The van der Waals surface area contributed by atoms with Gasteiger partial charge in [-0.3, -0.25) is 4.79 Å². The third-order valence-corrected chi connectivity index (χ3v) is 3.15. The molecule has 0 aliphatic carbocycles. The highest BCUT2D eigenvalue weighted by Crippen LogP contribution is 2.35. The van der Waals surface area contributed by atoms with Gasteiger partial charge in [-0.15, -0.1) is 0 Å². The van der Waals surface area contributed by atoms with Gasteiger partial charge in [-0.1, -0.05) is 0 Å². The average molecular weight is 281 g/mol. The fraction of sp³-hybridized carbons (Fsp3) is 0.500. The van der Waals surface area contributed by atoms with Crippen molar-refractivity contribution >= 4 is 17.3 Å². The summed E-state index contributed by atoms with van der Waals surface area (Å²) in [5, 5.41) is 3.10. The number of nitrogens with one attached hydrogen (secondary N) is 1. The van der Waals surface area contributed by atoms with Crippen LogP contribution in [0.5, 0.6) is 11.5 Å². The number of ether oxygens (including phenoxy) is 2. The summed E-state index contributed by atoms with van der Waals surface area (Å²) in [7, 11) is 4.86. The number of benzene rings is 1. The standard InChI is InChI=1S/C14H23N3O3/c1-6-17(3)14(18)9(2)16-11-8-13(20-5)12(19-4)7-10(11)15/h7-9,16H,6,15H2,1-5H3. The van der Waals surface area contributed by atoms with Crippen LogP contribution < -0.4 is 20.5 Å². The summed E-state index contributed by atoms with van der Waals surface area (Å²) in [6, 6.07) is 3.02. The maximum absolute atomic E-state index is 12.0. The fourth-order valence-corrected chi connectivity index (χ4v) is 1.80. The highest BCUT2D eigenvalue weighted by Gasteiger charge is 2.18. The molecule has 1 amide bonds. The number of nitrogens with two attached hydrogens (primary N) is 1. The maximum Gasteiger partial charge on any atom is 0.244 e. The molecule has 0 fully saturated rings. The third-order valence-electron chi connectivity index (χ3n) is 3.15. The van der Waals surface area contributed by atoms with E-state index in [4.69, 9.17) is 15.2 Å². The van der Waals surface area contributed by atoms with Crippen molar-refractivity contribution in [3.8, 4) is 11.5 Å². The van der Waals surface area contributed by atoms with Gasteiger partial charge in [0.15, 0.2) is 11.5 Å². The number of methoxy groups -OCH3 is 2. The molecule has 1 atom stereocenters. The molecule has 0 heterocycles. The molecule has 0 spiro atoms. The fourth-order valence-electron chi connectivity index (χ4n) is 1.80. The maximum atomic E-state index is 12.0. The Labute approximate surface area is 119 Å². The van der Waals surface area contributed by atoms with Crippen LogP contribution in [0.3, 0.4) is 0 Å². The van der Waals surface area contributed by atoms with Crippen molar-refractivity contribution < 1.29 is 14.3 Å². The molecule has 0 saturated carbocycles. The molecular formula is C14H23N3O3. The van der Waals surface area contributed by atoms with Crippen LogP contribution in [0.15, 0.2) is 12.1 Å². The topological polar surface area (TPSA) is 76.8 Å². The second-order valence-corrected chi connectivity index (χ2v) is 4.51. The Bertz CT molecular complexity index is 477. The van der Waals surface area contributed by atoms with E-state index < -0.39 is 0 Å². The number of carbonyl (C=O) groups excluding carboxylic acids is 1. The molecule has 1 rings (SSSR count). The van der Waals surface area contributed by atoms with Gasteiger partial charge in [0.1, 0.15) is 6.04 Å². The molecule has 6 heteroatoms. The van der Waals surface area contributed by atoms with Gasteiger partial charge < -0.3 is 25.4 Å². The number of hydrogen-bond acceptors (Lipinski definition) is 5. The lowest BCUT2D eigenvalue weighted by atomic mass is 10.2. The quantitative estimate of drug-likeness (QED) is 0.774. The van der Waals surface area contributed by atoms with E-state index in [1.165, 1.54) is 0 Å². The molecule has 20 heavy (non-hydrogen) atoms. The minimum atomic E-state index is -0.375. The SMILES string of the molecule is CCN(C)C(=O)C(C)Nc1cc(OC)c(OC)cc1N. The Morgan fingerprint density at radius 3 is 2.40 bits per heavy atom. The number of anilines is 2. The Morgan fingerprint density at radius 2 is 1.90 bits per heavy atom. The first kappa shape index (κ1) is 15.9. The number of nitrogens with zero attached hydrogens (tertiary/aromatic N) is 1. The third kappa shape index (κ3) is 3.46. The van der Waals surface area contributed by atoms with Crippen LogP contribution in [-0.2, 0) is 4.79 Å². The van der Waals surface area contributed by atoms with Crippen molar-refractivity contribution in [2.45, 2.75) is 19.9 Å². The van der Waals surface area contributed by atoms with Crippen LogP contribution in [-0.4, -0.2) is 44.7 Å². The lowest BCUT2D eigenvalue weighted by Gasteiger charge is -2.22. The summed E-state index contributed by atoms with van der Waals surface area (Å²) < 4.78 is 10.4. The molecule has 1 unspecified atom stereocenters. The smallest absolute Gasteiger partial charge is 0.244 e. The highest BCUT2D eigenvalue weighted by molar-refractivity contribution is 5.86. The van der Waals surface area contributed by atoms with Crippen LogP contribution in [0.25, 0.3) is 0 Å². The monoisotopic (exact) mass is 281 g/mol. The highest BCUT2D eigenvalue weighted by atomic mass is 16.5. The zero-order valence-corrected chi connectivity index (χ0v) is 12.7. The van der Waals surface area contributed by atoms with E-state index in [9.17, 15) is 4.79 Å². The normalized spacial score (nSPS) is 11.7. The van der Waals surface area contributed by atoms with E-state index in [2.05, 4.69) is 5.32 Å². The molecule has 0 aliphatic rings. The van der Waals surface area contributed by atoms with E-state index in [1.54, 1.807) is 45.2 Å². The predicted octanol–water partition coefficient (Wildman–Crippen LogP) is 1.56. The van der Waals surface area contributed by atoms with Gasteiger partial charge in [0.25, 0.3) is 0 Å². The zero-order valence-electron chi connectivity index (χ0n) is 12.7. The van der Waals surface area contributed by atoms with Crippen molar-refractivity contribution in [3.63, 3.8) is 0 Å². The lowest BCUT2D eigenvalue weighted by Crippen LogP contribution is -2.38. The number of amides is 1. The summed E-state index contributed by atoms with van der Waals surface area (Å²) in [5.41, 5.74) is 7.10. The van der Waals surface area contributed by atoms with Crippen molar-refractivity contribution in [2.75, 3.05) is 38.9 Å². The molecule has 112 valence electrons. The molecule has 0 saturated heterocycles. The van der Waals surface area contributed by atoms with E-state index in [0.29, 0.717) is 29.4 Å². The first-order valence-corrected chi connectivity index (χ1v) is 6.47.